The first-order valence-corrected chi connectivity index (χ1v) is 4.64. The lowest BCUT2D eigenvalue weighted by molar-refractivity contribution is 0.620. The van der Waals surface area contributed by atoms with Gasteiger partial charge >= 0.3 is 0 Å². The van der Waals surface area contributed by atoms with E-state index in [0.717, 1.165) is 0 Å². The lowest BCUT2D eigenvalue weighted by atomic mass is 10.3. The fourth-order valence-electron chi connectivity index (χ4n) is 1.41. The first-order chi connectivity index (χ1) is 7.83. The molecule has 80 valence electrons. The van der Waals surface area contributed by atoms with Crippen LogP contribution < -0.4 is 5.32 Å². The van der Waals surface area contributed by atoms with E-state index in [1.54, 1.807) is 24.5 Å². The summed E-state index contributed by atoms with van der Waals surface area (Å²) < 4.78 is 18.6. The summed E-state index contributed by atoms with van der Waals surface area (Å²) in [6.45, 7) is 0. The van der Waals surface area contributed by atoms with Gasteiger partial charge in [-0.15, -0.1) is 0 Å². The molecule has 3 aromatic rings. The van der Waals surface area contributed by atoms with E-state index < -0.39 is 5.82 Å². The Labute approximate surface area is 89.3 Å². The van der Waals surface area contributed by atoms with Crippen LogP contribution in [0.3, 0.4) is 0 Å². The van der Waals surface area contributed by atoms with E-state index in [9.17, 15) is 4.39 Å². The van der Waals surface area contributed by atoms with Gasteiger partial charge in [0.25, 0.3) is 6.01 Å². The predicted octanol–water partition coefficient (Wildman–Crippen LogP) is 2.43. The maximum atomic E-state index is 13.3. The SMILES string of the molecule is Fc1cccc2oc(Nc3cn[nH]c3)nc12. The molecule has 16 heavy (non-hydrogen) atoms. The Balaban J connectivity index is 2.02. The highest BCUT2D eigenvalue weighted by Crippen LogP contribution is 2.23. The van der Waals surface area contributed by atoms with Gasteiger partial charge in [0.05, 0.1) is 11.9 Å². The monoisotopic (exact) mass is 218 g/mol. The maximum absolute atomic E-state index is 13.3. The van der Waals surface area contributed by atoms with E-state index in [1.165, 1.54) is 6.07 Å². The second-order valence-corrected chi connectivity index (χ2v) is 3.22. The number of H-pyrrole nitrogens is 1. The number of nitrogens with one attached hydrogen (secondary N) is 2. The second-order valence-electron chi connectivity index (χ2n) is 3.22. The normalized spacial score (nSPS) is 10.8. The third-order valence-electron chi connectivity index (χ3n) is 2.12. The first-order valence-electron chi connectivity index (χ1n) is 4.64. The quantitative estimate of drug-likeness (QED) is 0.693. The van der Waals surface area contributed by atoms with Crippen molar-refractivity contribution in [3.63, 3.8) is 0 Å². The minimum Gasteiger partial charge on any atom is -0.423 e. The van der Waals surface area contributed by atoms with E-state index in [4.69, 9.17) is 4.42 Å². The van der Waals surface area contributed by atoms with Crippen LogP contribution in [-0.2, 0) is 0 Å². The molecule has 6 heteroatoms. The predicted molar refractivity (Wildman–Crippen MR) is 55.8 cm³/mol. The molecule has 0 fully saturated rings. The van der Waals surface area contributed by atoms with E-state index >= 15 is 0 Å². The molecule has 0 aliphatic rings. The first kappa shape index (κ1) is 8.90. The Bertz CT molecular complexity index is 617. The summed E-state index contributed by atoms with van der Waals surface area (Å²) in [6, 6.07) is 4.81. The second kappa shape index (κ2) is 3.34. The van der Waals surface area contributed by atoms with Crippen LogP contribution in [0.5, 0.6) is 0 Å². The lowest BCUT2D eigenvalue weighted by Gasteiger charge is -1.93. The van der Waals surface area contributed by atoms with Crippen molar-refractivity contribution < 1.29 is 8.81 Å². The van der Waals surface area contributed by atoms with Gasteiger partial charge in [-0.25, -0.2) is 4.39 Å². The number of aromatic nitrogens is 3. The molecular weight excluding hydrogens is 211 g/mol. The van der Waals surface area contributed by atoms with Crippen LogP contribution in [0.2, 0.25) is 0 Å². The Morgan fingerprint density at radius 1 is 1.38 bits per heavy atom. The Morgan fingerprint density at radius 2 is 2.31 bits per heavy atom. The highest BCUT2D eigenvalue weighted by molar-refractivity contribution is 5.75. The van der Waals surface area contributed by atoms with Gasteiger partial charge in [0, 0.05) is 6.20 Å². The van der Waals surface area contributed by atoms with Crippen molar-refractivity contribution >= 4 is 22.8 Å². The summed E-state index contributed by atoms with van der Waals surface area (Å²) in [5, 5.41) is 9.26. The van der Waals surface area contributed by atoms with Crippen LogP contribution in [0.1, 0.15) is 0 Å². The van der Waals surface area contributed by atoms with Crippen LogP contribution in [0.25, 0.3) is 11.1 Å². The molecule has 0 saturated heterocycles. The molecule has 2 heterocycles. The Kier molecular flexibility index (Phi) is 1.86. The lowest BCUT2D eigenvalue weighted by Crippen LogP contribution is -1.87. The number of hydrogen-bond acceptors (Lipinski definition) is 4. The van der Waals surface area contributed by atoms with Crippen molar-refractivity contribution in [2.45, 2.75) is 0 Å². The summed E-state index contributed by atoms with van der Waals surface area (Å²) in [4.78, 5) is 3.99. The number of benzene rings is 1. The van der Waals surface area contributed by atoms with Gasteiger partial charge in [0.2, 0.25) is 0 Å². The third-order valence-corrected chi connectivity index (χ3v) is 2.12. The molecule has 3 rings (SSSR count). The molecule has 0 unspecified atom stereocenters. The molecule has 0 aliphatic carbocycles. The molecule has 2 N–H and O–H groups in total. The van der Waals surface area contributed by atoms with Crippen LogP contribution in [0, 0.1) is 5.82 Å². The molecule has 0 amide bonds. The third kappa shape index (κ3) is 1.40. The number of rotatable bonds is 2. The van der Waals surface area contributed by atoms with E-state index in [-0.39, 0.29) is 11.5 Å². The van der Waals surface area contributed by atoms with Crippen LogP contribution in [0.4, 0.5) is 16.1 Å². The largest absolute Gasteiger partial charge is 0.423 e. The van der Waals surface area contributed by atoms with E-state index in [0.29, 0.717) is 11.3 Å². The summed E-state index contributed by atoms with van der Waals surface area (Å²) >= 11 is 0. The average Bonchev–Trinajstić information content (AvgIpc) is 2.88. The molecule has 0 aliphatic heterocycles. The zero-order valence-electron chi connectivity index (χ0n) is 8.07. The number of para-hydroxylation sites is 1. The number of aromatic amines is 1. The van der Waals surface area contributed by atoms with Crippen molar-refractivity contribution in [3.8, 4) is 0 Å². The van der Waals surface area contributed by atoms with Crippen LogP contribution in [0.15, 0.2) is 35.0 Å². The molecule has 0 radical (unpaired) electrons. The number of nitrogens with zero attached hydrogens (tertiary/aromatic N) is 2. The van der Waals surface area contributed by atoms with Gasteiger partial charge in [-0.3, -0.25) is 5.10 Å². The summed E-state index contributed by atoms with van der Waals surface area (Å²) in [6.07, 6.45) is 3.22. The molecule has 2 aromatic heterocycles. The zero-order chi connectivity index (χ0) is 11.0. The molecule has 0 spiro atoms. The van der Waals surface area contributed by atoms with Crippen molar-refractivity contribution in [2.24, 2.45) is 0 Å². The fraction of sp³-hybridized carbons (Fsp3) is 0. The van der Waals surface area contributed by atoms with Gasteiger partial charge in [-0.05, 0) is 12.1 Å². The maximum Gasteiger partial charge on any atom is 0.300 e. The van der Waals surface area contributed by atoms with Crippen molar-refractivity contribution in [1.82, 2.24) is 15.2 Å². The summed E-state index contributed by atoms with van der Waals surface area (Å²) in [5.74, 6) is -0.401. The topological polar surface area (TPSA) is 66.7 Å². The van der Waals surface area contributed by atoms with Gasteiger partial charge in [0.15, 0.2) is 11.4 Å². The highest BCUT2D eigenvalue weighted by Gasteiger charge is 2.09. The van der Waals surface area contributed by atoms with Crippen molar-refractivity contribution in [2.75, 3.05) is 5.32 Å². The zero-order valence-corrected chi connectivity index (χ0v) is 8.07. The molecule has 0 atom stereocenters. The van der Waals surface area contributed by atoms with Gasteiger partial charge in [-0.1, -0.05) is 6.07 Å². The summed E-state index contributed by atoms with van der Waals surface area (Å²) in [5.41, 5.74) is 1.33. The van der Waals surface area contributed by atoms with E-state index in [2.05, 4.69) is 20.5 Å². The fourth-order valence-corrected chi connectivity index (χ4v) is 1.41. The molecular formula is C10H7FN4O. The Morgan fingerprint density at radius 3 is 3.06 bits per heavy atom. The van der Waals surface area contributed by atoms with Gasteiger partial charge in [0.1, 0.15) is 5.52 Å². The Hall–Kier alpha value is -2.37. The summed E-state index contributed by atoms with van der Waals surface area (Å²) in [7, 11) is 0. The van der Waals surface area contributed by atoms with Crippen molar-refractivity contribution in [3.05, 3.63) is 36.4 Å². The van der Waals surface area contributed by atoms with Crippen LogP contribution in [-0.4, -0.2) is 15.2 Å². The number of oxazole rings is 1. The smallest absolute Gasteiger partial charge is 0.300 e. The molecule has 1 aromatic carbocycles. The minimum absolute atomic E-state index is 0.216. The number of fused-ring (bicyclic) bond motifs is 1. The van der Waals surface area contributed by atoms with E-state index in [1.807, 2.05) is 0 Å². The molecule has 5 nitrogen and oxygen atoms in total. The standard InChI is InChI=1S/C10H7FN4O/c11-7-2-1-3-8-9(7)15-10(16-8)14-6-4-12-13-5-6/h1-5H,(H,12,13)(H,14,15). The number of halogens is 1. The minimum atomic E-state index is -0.401. The number of hydrogen-bond donors (Lipinski definition) is 2. The van der Waals surface area contributed by atoms with Crippen LogP contribution >= 0.6 is 0 Å². The van der Waals surface area contributed by atoms with Gasteiger partial charge < -0.3 is 9.73 Å². The number of anilines is 2. The van der Waals surface area contributed by atoms with Gasteiger partial charge in [-0.2, -0.15) is 10.1 Å². The highest BCUT2D eigenvalue weighted by atomic mass is 19.1. The molecule has 0 bridgehead atoms. The molecule has 0 saturated carbocycles. The average molecular weight is 218 g/mol. The van der Waals surface area contributed by atoms with Crippen molar-refractivity contribution in [1.29, 1.82) is 0 Å².